The van der Waals surface area contributed by atoms with E-state index in [4.69, 9.17) is 5.11 Å². The highest BCUT2D eigenvalue weighted by atomic mass is 16.4. The molecule has 2 fully saturated rings. The zero-order chi connectivity index (χ0) is 18.5. The van der Waals surface area contributed by atoms with Gasteiger partial charge >= 0.3 is 12.0 Å². The van der Waals surface area contributed by atoms with Gasteiger partial charge in [0, 0.05) is 13.0 Å². The van der Waals surface area contributed by atoms with Crippen LogP contribution in [0.1, 0.15) is 42.9 Å². The van der Waals surface area contributed by atoms with Crippen LogP contribution in [0.4, 0.5) is 4.79 Å². The lowest BCUT2D eigenvalue weighted by Crippen LogP contribution is -2.34. The number of carbonyl (C=O) groups is 3. The molecule has 0 aromatic heterocycles. The first-order valence-corrected chi connectivity index (χ1v) is 9.17. The smallest absolute Gasteiger partial charge is 0.325 e. The minimum Gasteiger partial charge on any atom is -0.481 e. The summed E-state index contributed by atoms with van der Waals surface area (Å²) in [5, 5.41) is 14.5. The minimum atomic E-state index is -0.834. The second-order valence-corrected chi connectivity index (χ2v) is 7.01. The molecule has 3 N–H and O–H groups in total. The molecular weight excluding hydrogens is 334 g/mol. The van der Waals surface area contributed by atoms with Crippen molar-refractivity contribution in [3.8, 4) is 0 Å². The number of rotatable bonds is 7. The Morgan fingerprint density at radius 2 is 1.85 bits per heavy atom. The fourth-order valence-electron chi connectivity index (χ4n) is 3.68. The van der Waals surface area contributed by atoms with Crippen molar-refractivity contribution < 1.29 is 19.5 Å². The second-order valence-electron chi connectivity index (χ2n) is 7.01. The van der Waals surface area contributed by atoms with Crippen LogP contribution in [0.5, 0.6) is 0 Å². The average Bonchev–Trinajstić information content (AvgIpc) is 2.92. The maximum absolute atomic E-state index is 12.3. The largest absolute Gasteiger partial charge is 0.481 e. The Morgan fingerprint density at radius 1 is 1.15 bits per heavy atom. The molecule has 0 spiro atoms. The molecule has 0 aliphatic carbocycles. The van der Waals surface area contributed by atoms with Gasteiger partial charge in [-0.2, -0.15) is 0 Å². The van der Waals surface area contributed by atoms with Crippen LogP contribution in [-0.2, 0) is 16.0 Å². The van der Waals surface area contributed by atoms with Crippen LogP contribution in [-0.4, -0.2) is 47.5 Å². The van der Waals surface area contributed by atoms with Gasteiger partial charge in [0.15, 0.2) is 0 Å². The number of carboxylic acids is 1. The minimum absolute atomic E-state index is 0.0735. The van der Waals surface area contributed by atoms with Gasteiger partial charge in [0.05, 0.1) is 0 Å². The monoisotopic (exact) mass is 359 g/mol. The van der Waals surface area contributed by atoms with Crippen LogP contribution < -0.4 is 10.6 Å². The third-order valence-electron chi connectivity index (χ3n) is 5.21. The van der Waals surface area contributed by atoms with Crippen LogP contribution in [0, 0.1) is 5.92 Å². The van der Waals surface area contributed by atoms with Crippen molar-refractivity contribution in [2.45, 2.75) is 38.1 Å². The van der Waals surface area contributed by atoms with Crippen molar-refractivity contribution in [3.63, 3.8) is 0 Å². The fourth-order valence-corrected chi connectivity index (χ4v) is 3.68. The summed E-state index contributed by atoms with van der Waals surface area (Å²) in [5.74, 6) is -0.545. The zero-order valence-corrected chi connectivity index (χ0v) is 14.7. The molecule has 1 aromatic rings. The maximum atomic E-state index is 12.3. The Bertz CT molecular complexity index is 668. The van der Waals surface area contributed by atoms with Gasteiger partial charge in [0.1, 0.15) is 6.04 Å². The summed E-state index contributed by atoms with van der Waals surface area (Å²) in [6, 6.07) is 6.37. The standard InChI is InChI=1S/C19H25N3O4/c23-16(24)6-3-13-1-4-15(5-2-13)17-18(25)21-19(26)22(17)12-9-14-7-10-20-11-8-14/h1-2,4-5,14,17,20H,3,6-12H2,(H,23,24)(H,21,25,26). The molecule has 0 saturated carbocycles. The number of hydrogen-bond acceptors (Lipinski definition) is 4. The number of nitrogens with one attached hydrogen (secondary N) is 2. The molecule has 1 aromatic carbocycles. The first-order valence-electron chi connectivity index (χ1n) is 9.17. The molecule has 140 valence electrons. The fraction of sp³-hybridized carbons (Fsp3) is 0.526. The molecule has 1 atom stereocenters. The first-order chi connectivity index (χ1) is 12.5. The summed E-state index contributed by atoms with van der Waals surface area (Å²) in [6.45, 7) is 2.59. The van der Waals surface area contributed by atoms with Gasteiger partial charge in [0.2, 0.25) is 0 Å². The summed E-state index contributed by atoms with van der Waals surface area (Å²) in [6.07, 6.45) is 3.63. The van der Waals surface area contributed by atoms with Crippen molar-refractivity contribution in [2.24, 2.45) is 5.92 Å². The summed E-state index contributed by atoms with van der Waals surface area (Å²) in [7, 11) is 0. The number of aliphatic carboxylic acids is 1. The van der Waals surface area contributed by atoms with Crippen molar-refractivity contribution in [3.05, 3.63) is 35.4 Å². The van der Waals surface area contributed by atoms with E-state index in [9.17, 15) is 14.4 Å². The van der Waals surface area contributed by atoms with E-state index in [2.05, 4.69) is 10.6 Å². The van der Waals surface area contributed by atoms with Crippen LogP contribution >= 0.6 is 0 Å². The quantitative estimate of drug-likeness (QED) is 0.644. The van der Waals surface area contributed by atoms with Crippen molar-refractivity contribution in [1.29, 1.82) is 0 Å². The normalized spacial score (nSPS) is 21.1. The molecule has 26 heavy (non-hydrogen) atoms. The van der Waals surface area contributed by atoms with Gasteiger partial charge in [-0.15, -0.1) is 0 Å². The van der Waals surface area contributed by atoms with Gasteiger partial charge in [-0.3, -0.25) is 14.9 Å². The van der Waals surface area contributed by atoms with E-state index in [1.165, 1.54) is 0 Å². The number of nitrogens with zero attached hydrogens (tertiary/aromatic N) is 1. The molecule has 3 amide bonds. The summed E-state index contributed by atoms with van der Waals surface area (Å²) < 4.78 is 0. The molecule has 2 aliphatic heterocycles. The van der Waals surface area contributed by atoms with E-state index in [0.29, 0.717) is 18.9 Å². The number of piperidine rings is 1. The number of imide groups is 1. The summed E-state index contributed by atoms with van der Waals surface area (Å²) in [5.41, 5.74) is 1.67. The first kappa shape index (κ1) is 18.4. The number of benzene rings is 1. The predicted octanol–water partition coefficient (Wildman–Crippen LogP) is 1.69. The third-order valence-corrected chi connectivity index (χ3v) is 5.21. The topological polar surface area (TPSA) is 98.7 Å². The molecular formula is C19H25N3O4. The molecule has 7 nitrogen and oxygen atoms in total. The van der Waals surface area contributed by atoms with Crippen LogP contribution in [0.2, 0.25) is 0 Å². The van der Waals surface area contributed by atoms with E-state index in [1.54, 1.807) is 4.90 Å². The van der Waals surface area contributed by atoms with Gasteiger partial charge in [-0.25, -0.2) is 4.79 Å². The Kier molecular flexibility index (Phi) is 5.88. The third kappa shape index (κ3) is 4.40. The number of amides is 3. The van der Waals surface area contributed by atoms with Crippen LogP contribution in [0.3, 0.4) is 0 Å². The van der Waals surface area contributed by atoms with Crippen molar-refractivity contribution in [1.82, 2.24) is 15.5 Å². The lowest BCUT2D eigenvalue weighted by atomic mass is 9.94. The van der Waals surface area contributed by atoms with E-state index in [0.717, 1.165) is 43.5 Å². The number of aryl methyl sites for hydroxylation is 1. The van der Waals surface area contributed by atoms with Crippen LogP contribution in [0.15, 0.2) is 24.3 Å². The van der Waals surface area contributed by atoms with Gasteiger partial charge in [-0.05, 0) is 55.8 Å². The molecule has 0 radical (unpaired) electrons. The Labute approximate surface area is 152 Å². The predicted molar refractivity (Wildman–Crippen MR) is 95.6 cm³/mol. The Morgan fingerprint density at radius 3 is 2.50 bits per heavy atom. The van der Waals surface area contributed by atoms with Crippen molar-refractivity contribution >= 4 is 17.9 Å². The van der Waals surface area contributed by atoms with Gasteiger partial charge < -0.3 is 15.3 Å². The SMILES string of the molecule is O=C(O)CCc1ccc(C2C(=O)NC(=O)N2CCC2CCNCC2)cc1. The van der Waals surface area contributed by atoms with Gasteiger partial charge in [0.25, 0.3) is 5.91 Å². The van der Waals surface area contributed by atoms with E-state index < -0.39 is 12.0 Å². The number of carbonyl (C=O) groups excluding carboxylic acids is 2. The molecule has 3 rings (SSSR count). The maximum Gasteiger partial charge on any atom is 0.325 e. The van der Waals surface area contributed by atoms with E-state index in [-0.39, 0.29) is 18.4 Å². The molecule has 7 heteroatoms. The van der Waals surface area contributed by atoms with E-state index >= 15 is 0 Å². The molecule has 2 aliphatic rings. The van der Waals surface area contributed by atoms with Crippen molar-refractivity contribution in [2.75, 3.05) is 19.6 Å². The lowest BCUT2D eigenvalue weighted by molar-refractivity contribution is -0.137. The van der Waals surface area contributed by atoms with Gasteiger partial charge in [-0.1, -0.05) is 24.3 Å². The Balaban J connectivity index is 1.66. The Hall–Kier alpha value is -2.41. The number of urea groups is 1. The number of carboxylic acid groups (broad SMARTS) is 1. The highest BCUT2D eigenvalue weighted by molar-refractivity contribution is 6.04. The highest BCUT2D eigenvalue weighted by Gasteiger charge is 2.39. The van der Waals surface area contributed by atoms with Crippen LogP contribution in [0.25, 0.3) is 0 Å². The van der Waals surface area contributed by atoms with E-state index in [1.807, 2.05) is 24.3 Å². The molecule has 2 saturated heterocycles. The summed E-state index contributed by atoms with van der Waals surface area (Å²) in [4.78, 5) is 36.8. The molecule has 1 unspecified atom stereocenters. The number of hydrogen-bond donors (Lipinski definition) is 3. The molecule has 2 heterocycles. The zero-order valence-electron chi connectivity index (χ0n) is 14.7. The highest BCUT2D eigenvalue weighted by Crippen LogP contribution is 2.28. The second kappa shape index (κ2) is 8.31. The summed E-state index contributed by atoms with van der Waals surface area (Å²) >= 11 is 0. The average molecular weight is 359 g/mol. The lowest BCUT2D eigenvalue weighted by Gasteiger charge is -2.27. The molecule has 0 bridgehead atoms.